The Balaban J connectivity index is 2.39. The minimum atomic E-state index is -0.0166. The van der Waals surface area contributed by atoms with E-state index in [9.17, 15) is 4.79 Å². The summed E-state index contributed by atoms with van der Waals surface area (Å²) in [5, 5.41) is 11.8. The molecular formula is C14H22N2O2. The zero-order chi connectivity index (χ0) is 13.4. The Labute approximate surface area is 108 Å². The number of nitrogens with two attached hydrogens (primary N) is 1. The zero-order valence-electron chi connectivity index (χ0n) is 10.9. The third kappa shape index (κ3) is 5.29. The number of aliphatic hydroxyl groups is 1. The van der Waals surface area contributed by atoms with Crippen molar-refractivity contribution in [3.8, 4) is 0 Å². The van der Waals surface area contributed by atoms with Crippen LogP contribution in [0, 0.1) is 5.92 Å². The molecular weight excluding hydrogens is 228 g/mol. The average Bonchev–Trinajstić information content (AvgIpc) is 2.37. The number of hydrogen-bond acceptors (Lipinski definition) is 3. The van der Waals surface area contributed by atoms with Gasteiger partial charge in [0, 0.05) is 12.1 Å². The second-order valence-corrected chi connectivity index (χ2v) is 4.63. The third-order valence-electron chi connectivity index (χ3n) is 2.92. The number of anilines is 1. The quantitative estimate of drug-likeness (QED) is 0.691. The van der Waals surface area contributed by atoms with Gasteiger partial charge in [0.1, 0.15) is 0 Å². The molecule has 4 nitrogen and oxygen atoms in total. The maximum absolute atomic E-state index is 11.7. The molecule has 0 aliphatic heterocycles. The molecule has 1 aromatic rings. The van der Waals surface area contributed by atoms with Gasteiger partial charge in [-0.05, 0) is 43.0 Å². The number of nitrogens with one attached hydrogen (secondary N) is 1. The van der Waals surface area contributed by atoms with Gasteiger partial charge >= 0.3 is 0 Å². The van der Waals surface area contributed by atoms with Gasteiger partial charge in [-0.15, -0.1) is 0 Å². The average molecular weight is 250 g/mol. The molecule has 0 bridgehead atoms. The van der Waals surface area contributed by atoms with Crippen LogP contribution >= 0.6 is 0 Å². The number of hydrogen-bond donors (Lipinski definition) is 3. The highest BCUT2D eigenvalue weighted by atomic mass is 16.3. The lowest BCUT2D eigenvalue weighted by Gasteiger charge is -2.10. The smallest absolute Gasteiger partial charge is 0.224 e. The maximum atomic E-state index is 11.7. The van der Waals surface area contributed by atoms with Crippen molar-refractivity contribution >= 4 is 11.6 Å². The summed E-state index contributed by atoms with van der Waals surface area (Å²) in [6.45, 7) is 2.76. The number of carbonyl (C=O) groups excluding carboxylic acids is 1. The van der Waals surface area contributed by atoms with Gasteiger partial charge < -0.3 is 16.2 Å². The summed E-state index contributed by atoms with van der Waals surface area (Å²) in [7, 11) is 0. The molecule has 18 heavy (non-hydrogen) atoms. The summed E-state index contributed by atoms with van der Waals surface area (Å²) in [5.41, 5.74) is 7.00. The first-order chi connectivity index (χ1) is 8.65. The minimum absolute atomic E-state index is 0.00830. The highest BCUT2D eigenvalue weighted by Crippen LogP contribution is 2.13. The van der Waals surface area contributed by atoms with Crippen LogP contribution in [0.25, 0.3) is 0 Å². The molecule has 0 radical (unpaired) electrons. The first-order valence-corrected chi connectivity index (χ1v) is 6.35. The van der Waals surface area contributed by atoms with Gasteiger partial charge in [0.2, 0.25) is 5.91 Å². The fourth-order valence-electron chi connectivity index (χ4n) is 1.78. The van der Waals surface area contributed by atoms with Gasteiger partial charge in [0.05, 0.1) is 6.61 Å². The number of carbonyl (C=O) groups is 1. The molecule has 0 aromatic heterocycles. The number of aliphatic hydroxyl groups excluding tert-OH is 1. The van der Waals surface area contributed by atoms with E-state index in [-0.39, 0.29) is 12.5 Å². The number of amides is 1. The monoisotopic (exact) mass is 250 g/mol. The highest BCUT2D eigenvalue weighted by molar-refractivity contribution is 5.90. The van der Waals surface area contributed by atoms with Gasteiger partial charge in [-0.3, -0.25) is 4.79 Å². The standard InChI is InChI=1S/C14H22N2O2/c1-11(7-8-15)5-6-14(18)16-13-4-2-3-12(9-13)10-17/h2-4,9,11,17H,5-8,10,15H2,1H3,(H,16,18). The fraction of sp³-hybridized carbons (Fsp3) is 0.500. The summed E-state index contributed by atoms with van der Waals surface area (Å²) < 4.78 is 0. The van der Waals surface area contributed by atoms with Crippen molar-refractivity contribution in [3.63, 3.8) is 0 Å². The second-order valence-electron chi connectivity index (χ2n) is 4.63. The van der Waals surface area contributed by atoms with Crippen LogP contribution in [0.3, 0.4) is 0 Å². The van der Waals surface area contributed by atoms with Crippen molar-refractivity contribution in [2.45, 2.75) is 32.8 Å². The first-order valence-electron chi connectivity index (χ1n) is 6.35. The summed E-state index contributed by atoms with van der Waals surface area (Å²) >= 11 is 0. The molecule has 0 saturated carbocycles. The highest BCUT2D eigenvalue weighted by Gasteiger charge is 2.06. The van der Waals surface area contributed by atoms with Gasteiger partial charge in [-0.2, -0.15) is 0 Å². The van der Waals surface area contributed by atoms with Gasteiger partial charge in [-0.1, -0.05) is 19.1 Å². The van der Waals surface area contributed by atoms with E-state index in [2.05, 4.69) is 12.2 Å². The summed E-state index contributed by atoms with van der Waals surface area (Å²) in [6, 6.07) is 7.23. The van der Waals surface area contributed by atoms with Crippen molar-refractivity contribution < 1.29 is 9.90 Å². The molecule has 1 atom stereocenters. The first kappa shape index (κ1) is 14.7. The zero-order valence-corrected chi connectivity index (χ0v) is 10.9. The van der Waals surface area contributed by atoms with E-state index in [1.165, 1.54) is 0 Å². The Morgan fingerprint density at radius 1 is 1.44 bits per heavy atom. The van der Waals surface area contributed by atoms with E-state index in [1.807, 2.05) is 18.2 Å². The van der Waals surface area contributed by atoms with E-state index in [4.69, 9.17) is 10.8 Å². The predicted octanol–water partition coefficient (Wildman–Crippen LogP) is 1.88. The van der Waals surface area contributed by atoms with Crippen LogP contribution in [0.4, 0.5) is 5.69 Å². The van der Waals surface area contributed by atoms with Crippen molar-refractivity contribution in [2.24, 2.45) is 11.7 Å². The molecule has 1 unspecified atom stereocenters. The lowest BCUT2D eigenvalue weighted by Crippen LogP contribution is -2.14. The van der Waals surface area contributed by atoms with E-state index in [0.717, 1.165) is 24.1 Å². The minimum Gasteiger partial charge on any atom is -0.392 e. The molecule has 4 N–H and O–H groups in total. The van der Waals surface area contributed by atoms with Crippen LogP contribution in [0.2, 0.25) is 0 Å². The lowest BCUT2D eigenvalue weighted by molar-refractivity contribution is -0.116. The fourth-order valence-corrected chi connectivity index (χ4v) is 1.78. The largest absolute Gasteiger partial charge is 0.392 e. The van der Waals surface area contributed by atoms with Crippen LogP contribution in [0.15, 0.2) is 24.3 Å². The van der Waals surface area contributed by atoms with E-state index >= 15 is 0 Å². The molecule has 1 rings (SSSR count). The Kier molecular flexibility index (Phi) is 6.39. The van der Waals surface area contributed by atoms with Crippen LogP contribution in [-0.4, -0.2) is 17.6 Å². The van der Waals surface area contributed by atoms with Gasteiger partial charge in [0.15, 0.2) is 0 Å². The number of rotatable bonds is 7. The third-order valence-corrected chi connectivity index (χ3v) is 2.92. The molecule has 1 aromatic carbocycles. The van der Waals surface area contributed by atoms with E-state index in [0.29, 0.717) is 18.9 Å². The predicted molar refractivity (Wildman–Crippen MR) is 73.1 cm³/mol. The molecule has 1 amide bonds. The Morgan fingerprint density at radius 2 is 2.22 bits per heavy atom. The van der Waals surface area contributed by atoms with Gasteiger partial charge in [0.25, 0.3) is 0 Å². The van der Waals surface area contributed by atoms with Crippen molar-refractivity contribution in [2.75, 3.05) is 11.9 Å². The molecule has 0 aliphatic rings. The molecule has 0 aliphatic carbocycles. The van der Waals surface area contributed by atoms with Crippen LogP contribution in [-0.2, 0) is 11.4 Å². The normalized spacial score (nSPS) is 12.2. The number of benzene rings is 1. The topological polar surface area (TPSA) is 75.4 Å². The van der Waals surface area contributed by atoms with Crippen LogP contribution in [0.1, 0.15) is 31.7 Å². The molecule has 4 heteroatoms. The van der Waals surface area contributed by atoms with Crippen LogP contribution < -0.4 is 11.1 Å². The second kappa shape index (κ2) is 7.84. The molecule has 0 heterocycles. The maximum Gasteiger partial charge on any atom is 0.224 e. The molecule has 0 spiro atoms. The van der Waals surface area contributed by atoms with Crippen LogP contribution in [0.5, 0.6) is 0 Å². The lowest BCUT2D eigenvalue weighted by atomic mass is 10.0. The van der Waals surface area contributed by atoms with Crippen molar-refractivity contribution in [3.05, 3.63) is 29.8 Å². The van der Waals surface area contributed by atoms with E-state index in [1.54, 1.807) is 6.07 Å². The van der Waals surface area contributed by atoms with Gasteiger partial charge in [-0.25, -0.2) is 0 Å². The van der Waals surface area contributed by atoms with Crippen molar-refractivity contribution in [1.82, 2.24) is 0 Å². The van der Waals surface area contributed by atoms with E-state index < -0.39 is 0 Å². The summed E-state index contributed by atoms with van der Waals surface area (Å²) in [4.78, 5) is 11.7. The van der Waals surface area contributed by atoms with Crippen molar-refractivity contribution in [1.29, 1.82) is 0 Å². The molecule has 0 fully saturated rings. The Bertz CT molecular complexity index is 380. The molecule has 100 valence electrons. The SMILES string of the molecule is CC(CCN)CCC(=O)Nc1cccc(CO)c1. The Hall–Kier alpha value is -1.39. The summed E-state index contributed by atoms with van der Waals surface area (Å²) in [6.07, 6.45) is 2.31. The Morgan fingerprint density at radius 3 is 2.89 bits per heavy atom. The summed E-state index contributed by atoms with van der Waals surface area (Å²) in [5.74, 6) is 0.485. The molecule has 0 saturated heterocycles.